The number of imidazole rings is 1. The van der Waals surface area contributed by atoms with Gasteiger partial charge in [-0.3, -0.25) is 14.0 Å². The largest absolute Gasteiger partial charge is 0.478 e. The van der Waals surface area contributed by atoms with Gasteiger partial charge in [-0.25, -0.2) is 14.2 Å². The number of carbonyl (C=O) groups is 1. The van der Waals surface area contributed by atoms with E-state index in [1.54, 1.807) is 32.7 Å². The zero-order valence-electron chi connectivity index (χ0n) is 19.2. The third kappa shape index (κ3) is 3.49. The summed E-state index contributed by atoms with van der Waals surface area (Å²) in [6.45, 7) is 3.57. The summed E-state index contributed by atoms with van der Waals surface area (Å²) < 4.78 is 10.6. The second-order valence-corrected chi connectivity index (χ2v) is 8.99. The molecule has 2 aliphatic rings. The van der Waals surface area contributed by atoms with E-state index in [9.17, 15) is 9.59 Å². The number of aromatic nitrogens is 5. The van der Waals surface area contributed by atoms with Crippen LogP contribution in [0.1, 0.15) is 49.8 Å². The van der Waals surface area contributed by atoms with Gasteiger partial charge in [0.15, 0.2) is 5.65 Å². The van der Waals surface area contributed by atoms with Gasteiger partial charge in [-0.1, -0.05) is 13.0 Å². The molecular formula is C23H29N7O3. The predicted molar refractivity (Wildman–Crippen MR) is 124 cm³/mol. The van der Waals surface area contributed by atoms with Crippen LogP contribution < -0.4 is 15.7 Å². The van der Waals surface area contributed by atoms with Gasteiger partial charge < -0.3 is 15.0 Å². The molecule has 0 spiro atoms. The molecule has 10 heteroatoms. The monoisotopic (exact) mass is 451 g/mol. The van der Waals surface area contributed by atoms with Crippen molar-refractivity contribution in [2.45, 2.75) is 50.1 Å². The summed E-state index contributed by atoms with van der Waals surface area (Å²) >= 11 is 0. The van der Waals surface area contributed by atoms with Crippen LogP contribution in [0.5, 0.6) is 5.88 Å². The van der Waals surface area contributed by atoms with Crippen molar-refractivity contribution in [2.24, 2.45) is 7.05 Å². The lowest BCUT2D eigenvalue weighted by molar-refractivity contribution is -0.129. The summed E-state index contributed by atoms with van der Waals surface area (Å²) in [4.78, 5) is 31.9. The van der Waals surface area contributed by atoms with E-state index >= 15 is 0 Å². The molecule has 0 aliphatic heterocycles. The Hall–Kier alpha value is -3.56. The van der Waals surface area contributed by atoms with E-state index in [0.717, 1.165) is 18.5 Å². The normalized spacial score (nSPS) is 20.2. The minimum absolute atomic E-state index is 0.0000465. The number of anilines is 2. The minimum atomic E-state index is -0.103. The number of amides is 1. The summed E-state index contributed by atoms with van der Waals surface area (Å²) in [5.41, 5.74) is 2.88. The predicted octanol–water partition coefficient (Wildman–Crippen LogP) is 2.60. The Morgan fingerprint density at radius 1 is 1.30 bits per heavy atom. The van der Waals surface area contributed by atoms with E-state index in [4.69, 9.17) is 4.74 Å². The van der Waals surface area contributed by atoms with Crippen LogP contribution in [0.2, 0.25) is 0 Å². The molecule has 5 rings (SSSR count). The van der Waals surface area contributed by atoms with Crippen molar-refractivity contribution in [3.05, 3.63) is 47.4 Å². The van der Waals surface area contributed by atoms with Gasteiger partial charge in [0.05, 0.1) is 24.7 Å². The number of hydrogen-bond acceptors (Lipinski definition) is 6. The lowest BCUT2D eigenvalue weighted by Crippen LogP contribution is -2.48. The van der Waals surface area contributed by atoms with Crippen LogP contribution in [0.3, 0.4) is 0 Å². The van der Waals surface area contributed by atoms with E-state index in [-0.39, 0.29) is 23.7 Å². The second-order valence-electron chi connectivity index (χ2n) is 8.99. The smallest absolute Gasteiger partial charge is 0.334 e. The van der Waals surface area contributed by atoms with Gasteiger partial charge in [0, 0.05) is 44.5 Å². The van der Waals surface area contributed by atoms with Crippen LogP contribution in [-0.2, 0) is 11.8 Å². The molecule has 0 aromatic carbocycles. The third-order valence-electron chi connectivity index (χ3n) is 7.04. The first-order valence-corrected chi connectivity index (χ1v) is 11.3. The zero-order chi connectivity index (χ0) is 23.3. The third-order valence-corrected chi connectivity index (χ3v) is 7.04. The number of hydrogen-bond donors (Lipinski definition) is 1. The average molecular weight is 452 g/mol. The van der Waals surface area contributed by atoms with Crippen molar-refractivity contribution in [3.63, 3.8) is 0 Å². The Balaban J connectivity index is 1.55. The van der Waals surface area contributed by atoms with E-state index in [1.165, 1.54) is 12.5 Å². The number of carbonyl (C=O) groups excluding carboxylic acids is 1. The molecule has 2 saturated carbocycles. The van der Waals surface area contributed by atoms with Crippen LogP contribution in [0.4, 0.5) is 11.4 Å². The molecule has 0 unspecified atom stereocenters. The molecule has 0 radical (unpaired) electrons. The number of fused-ring (bicyclic) bond motifs is 1. The highest BCUT2D eigenvalue weighted by Gasteiger charge is 2.36. The van der Waals surface area contributed by atoms with Gasteiger partial charge in [0.25, 0.3) is 5.88 Å². The second kappa shape index (κ2) is 8.09. The molecule has 0 bridgehead atoms. The number of likely N-dealkylation sites (N-methyl/N-ethyl adjacent to an activating group) is 1. The van der Waals surface area contributed by atoms with E-state index in [0.29, 0.717) is 41.7 Å². The maximum atomic E-state index is 13.6. The first-order valence-electron chi connectivity index (χ1n) is 11.3. The molecule has 2 fully saturated rings. The Morgan fingerprint density at radius 3 is 2.70 bits per heavy atom. The Kier molecular flexibility index (Phi) is 5.22. The van der Waals surface area contributed by atoms with Gasteiger partial charge in [-0.2, -0.15) is 0 Å². The molecule has 1 N–H and O–H groups in total. The van der Waals surface area contributed by atoms with Crippen LogP contribution in [0, 0.1) is 0 Å². The molecule has 0 saturated heterocycles. The molecule has 33 heavy (non-hydrogen) atoms. The number of nitrogens with one attached hydrogen (secondary N) is 1. The van der Waals surface area contributed by atoms with Gasteiger partial charge in [-0.15, -0.1) is 5.10 Å². The van der Waals surface area contributed by atoms with Crippen molar-refractivity contribution in [1.82, 2.24) is 28.6 Å². The van der Waals surface area contributed by atoms with E-state index in [1.807, 2.05) is 25.6 Å². The van der Waals surface area contributed by atoms with Crippen molar-refractivity contribution < 1.29 is 9.53 Å². The summed E-state index contributed by atoms with van der Waals surface area (Å²) in [6.07, 6.45) is 11.6. The fourth-order valence-electron chi connectivity index (χ4n) is 4.74. The zero-order valence-corrected chi connectivity index (χ0v) is 19.2. The summed E-state index contributed by atoms with van der Waals surface area (Å²) in [5.74, 6) is 0.719. The number of methoxy groups -OCH3 is 1. The average Bonchev–Trinajstić information content (AvgIpc) is 3.31. The van der Waals surface area contributed by atoms with Crippen LogP contribution >= 0.6 is 0 Å². The maximum absolute atomic E-state index is 13.6. The van der Waals surface area contributed by atoms with Gasteiger partial charge in [0.1, 0.15) is 5.69 Å². The summed E-state index contributed by atoms with van der Waals surface area (Å²) in [7, 11) is 5.18. The van der Waals surface area contributed by atoms with Crippen molar-refractivity contribution >= 4 is 22.9 Å². The van der Waals surface area contributed by atoms with Gasteiger partial charge in [-0.05, 0) is 31.8 Å². The fourth-order valence-corrected chi connectivity index (χ4v) is 4.74. The van der Waals surface area contributed by atoms with Gasteiger partial charge in [0.2, 0.25) is 5.91 Å². The number of nitrogens with zero attached hydrogens (tertiary/aromatic N) is 6. The highest BCUT2D eigenvalue weighted by molar-refractivity contribution is 5.87. The maximum Gasteiger partial charge on any atom is 0.334 e. The summed E-state index contributed by atoms with van der Waals surface area (Å²) in [5, 5.41) is 7.69. The van der Waals surface area contributed by atoms with Crippen molar-refractivity contribution in [3.8, 4) is 5.88 Å². The number of ether oxygens (including phenoxy) is 1. The Bertz CT molecular complexity index is 1280. The number of aryl methyl sites for hydroxylation is 1. The molecule has 3 heterocycles. The molecule has 3 aromatic rings. The van der Waals surface area contributed by atoms with Crippen molar-refractivity contribution in [1.29, 1.82) is 0 Å². The molecular weight excluding hydrogens is 422 g/mol. The molecule has 3 aromatic heterocycles. The van der Waals surface area contributed by atoms with E-state index < -0.39 is 0 Å². The minimum Gasteiger partial charge on any atom is -0.478 e. The molecule has 0 atom stereocenters. The first kappa shape index (κ1) is 21.3. The molecule has 1 amide bonds. The highest BCUT2D eigenvalue weighted by atomic mass is 16.5. The SMILES string of the molecule is C=CC(=O)N(C)C1CC(n2cc(Nc3cn(C)nc3OC)c3ncc(C4CCC4)n3c2=O)C1. The van der Waals surface area contributed by atoms with Crippen LogP contribution in [-0.4, -0.2) is 54.7 Å². The molecule has 2 aliphatic carbocycles. The highest BCUT2D eigenvalue weighted by Crippen LogP contribution is 2.39. The van der Waals surface area contributed by atoms with Crippen LogP contribution in [0.25, 0.3) is 5.65 Å². The quantitative estimate of drug-likeness (QED) is 0.555. The lowest BCUT2D eigenvalue weighted by atomic mass is 9.83. The van der Waals surface area contributed by atoms with Crippen molar-refractivity contribution in [2.75, 3.05) is 19.5 Å². The standard InChI is InChI=1S/C23H29N7O3/c1-5-20(31)28(3)15-9-16(10-15)29-13-17(25-18-12-27(2)26-22(18)33-4)21-24-11-19(14-7-6-8-14)30(21)23(29)32/h5,11-16,25H,1,6-10H2,2-4H3. The first-order chi connectivity index (χ1) is 15.9. The number of rotatable bonds is 7. The van der Waals surface area contributed by atoms with E-state index in [2.05, 4.69) is 22.0 Å². The fraction of sp³-hybridized carbons (Fsp3) is 0.478. The Morgan fingerprint density at radius 2 is 2.06 bits per heavy atom. The Labute approximate surface area is 191 Å². The molecule has 10 nitrogen and oxygen atoms in total. The molecule has 174 valence electrons. The van der Waals surface area contributed by atoms with Gasteiger partial charge >= 0.3 is 5.69 Å². The summed E-state index contributed by atoms with van der Waals surface area (Å²) in [6, 6.07) is 0.0896. The van der Waals surface area contributed by atoms with Crippen LogP contribution in [0.15, 0.2) is 36.0 Å². The topological polar surface area (TPSA) is 98.7 Å². The lowest BCUT2D eigenvalue weighted by Gasteiger charge is -2.41.